The van der Waals surface area contributed by atoms with Crippen LogP contribution >= 0.6 is 0 Å². The van der Waals surface area contributed by atoms with Crippen LogP contribution in [0.3, 0.4) is 0 Å². The van der Waals surface area contributed by atoms with Crippen LogP contribution in [0.2, 0.25) is 0 Å². The number of carbonyl (C=O) groups excluding carboxylic acids is 3. The largest absolute Gasteiger partial charge is 0.481 e. The van der Waals surface area contributed by atoms with Gasteiger partial charge in [0.1, 0.15) is 5.78 Å². The molecule has 0 bridgehead atoms. The van der Waals surface area contributed by atoms with Crippen molar-refractivity contribution in [2.24, 2.45) is 5.92 Å². The van der Waals surface area contributed by atoms with Crippen molar-refractivity contribution in [3.05, 3.63) is 0 Å². The van der Waals surface area contributed by atoms with E-state index >= 15 is 0 Å². The number of rotatable bonds is 8. The molecule has 0 spiro atoms. The minimum Gasteiger partial charge on any atom is -0.481 e. The maximum atomic E-state index is 12.1. The number of hydrogen-bond acceptors (Lipinski definition) is 7. The summed E-state index contributed by atoms with van der Waals surface area (Å²) < 4.78 is 9.63. The maximum Gasteiger partial charge on any atom is 0.340 e. The van der Waals surface area contributed by atoms with Crippen molar-refractivity contribution >= 4 is 23.7 Å². The van der Waals surface area contributed by atoms with Crippen LogP contribution in [0.4, 0.5) is 0 Å². The van der Waals surface area contributed by atoms with Crippen LogP contribution in [0.15, 0.2) is 0 Å². The molecule has 0 rings (SSSR count). The van der Waals surface area contributed by atoms with E-state index in [-0.39, 0.29) is 0 Å². The van der Waals surface area contributed by atoms with E-state index in [1.807, 2.05) is 0 Å². The normalized spacial score (nSPS) is 15.1. The molecule has 126 valence electrons. The van der Waals surface area contributed by atoms with Crippen LogP contribution in [-0.4, -0.2) is 51.7 Å². The number of Topliss-reactive ketones (excluding diaryl/α,β-unsaturated/α-hetero) is 1. The van der Waals surface area contributed by atoms with Crippen molar-refractivity contribution in [1.29, 1.82) is 0 Å². The number of aliphatic carboxylic acids is 1. The fourth-order valence-corrected chi connectivity index (χ4v) is 1.84. The Morgan fingerprint density at radius 2 is 1.45 bits per heavy atom. The molecule has 2 unspecified atom stereocenters. The highest BCUT2D eigenvalue weighted by atomic mass is 16.6. The number of ketones is 1. The number of esters is 2. The van der Waals surface area contributed by atoms with Gasteiger partial charge in [-0.3, -0.25) is 14.4 Å². The Balaban J connectivity index is 5.76. The smallest absolute Gasteiger partial charge is 0.340 e. The van der Waals surface area contributed by atoms with Gasteiger partial charge < -0.3 is 19.7 Å². The Kier molecular flexibility index (Phi) is 7.18. The predicted molar refractivity (Wildman–Crippen MR) is 73.8 cm³/mol. The van der Waals surface area contributed by atoms with Crippen LogP contribution in [0.25, 0.3) is 0 Å². The molecule has 0 heterocycles. The van der Waals surface area contributed by atoms with Crippen molar-refractivity contribution in [3.8, 4) is 0 Å². The minimum absolute atomic E-state index is 0.607. The SMILES string of the molecule is CC(=O)C(C(=O)OC(C)C)C(O)(CC(=O)O)C(=O)OC(C)C. The lowest BCUT2D eigenvalue weighted by Gasteiger charge is -2.31. The molecule has 0 saturated heterocycles. The third-order valence-corrected chi connectivity index (χ3v) is 2.59. The average Bonchev–Trinajstić information content (AvgIpc) is 2.24. The van der Waals surface area contributed by atoms with Crippen molar-refractivity contribution in [2.75, 3.05) is 0 Å². The second-order valence-corrected chi connectivity index (χ2v) is 5.48. The van der Waals surface area contributed by atoms with E-state index in [0.29, 0.717) is 0 Å². The monoisotopic (exact) mass is 318 g/mol. The van der Waals surface area contributed by atoms with Crippen molar-refractivity contribution in [3.63, 3.8) is 0 Å². The van der Waals surface area contributed by atoms with Gasteiger partial charge in [0, 0.05) is 0 Å². The topological polar surface area (TPSA) is 127 Å². The molecule has 0 saturated carbocycles. The number of ether oxygens (including phenoxy) is 2. The van der Waals surface area contributed by atoms with Gasteiger partial charge in [-0.15, -0.1) is 0 Å². The molecule has 0 aromatic rings. The van der Waals surface area contributed by atoms with Gasteiger partial charge in [0.05, 0.1) is 18.6 Å². The molecule has 22 heavy (non-hydrogen) atoms. The van der Waals surface area contributed by atoms with Gasteiger partial charge in [-0.05, 0) is 34.6 Å². The summed E-state index contributed by atoms with van der Waals surface area (Å²) in [6.45, 7) is 6.94. The molecule has 0 radical (unpaired) electrons. The first-order valence-corrected chi connectivity index (χ1v) is 6.78. The summed E-state index contributed by atoms with van der Waals surface area (Å²) in [6.07, 6.45) is -2.43. The molecule has 0 aliphatic rings. The summed E-state index contributed by atoms with van der Waals surface area (Å²) in [6, 6.07) is 0. The Labute approximate surface area is 128 Å². The predicted octanol–water partition coefficient (Wildman–Crippen LogP) is 0.301. The van der Waals surface area contributed by atoms with Crippen molar-refractivity contribution < 1.29 is 38.9 Å². The quantitative estimate of drug-likeness (QED) is 0.483. The Morgan fingerprint density at radius 1 is 1.00 bits per heavy atom. The van der Waals surface area contributed by atoms with E-state index in [1.165, 1.54) is 27.7 Å². The molecule has 8 heteroatoms. The molecule has 0 fully saturated rings. The van der Waals surface area contributed by atoms with E-state index in [9.17, 15) is 24.3 Å². The van der Waals surface area contributed by atoms with Gasteiger partial charge in [-0.1, -0.05) is 0 Å². The van der Waals surface area contributed by atoms with E-state index in [2.05, 4.69) is 0 Å². The lowest BCUT2D eigenvalue weighted by Crippen LogP contribution is -2.55. The van der Waals surface area contributed by atoms with Crippen molar-refractivity contribution in [2.45, 2.75) is 58.8 Å². The number of aliphatic hydroxyl groups is 1. The highest BCUT2D eigenvalue weighted by Gasteiger charge is 2.54. The van der Waals surface area contributed by atoms with Crippen molar-refractivity contribution in [1.82, 2.24) is 0 Å². The highest BCUT2D eigenvalue weighted by Crippen LogP contribution is 2.27. The second-order valence-electron chi connectivity index (χ2n) is 5.48. The lowest BCUT2D eigenvalue weighted by molar-refractivity contribution is -0.190. The summed E-state index contributed by atoms with van der Waals surface area (Å²) in [5.74, 6) is -6.96. The molecule has 8 nitrogen and oxygen atoms in total. The number of carbonyl (C=O) groups is 4. The second kappa shape index (κ2) is 7.88. The molecule has 0 aromatic carbocycles. The zero-order valence-electron chi connectivity index (χ0n) is 13.3. The summed E-state index contributed by atoms with van der Waals surface area (Å²) >= 11 is 0. The first kappa shape index (κ1) is 20.0. The maximum absolute atomic E-state index is 12.1. The molecule has 0 aliphatic heterocycles. The first-order valence-electron chi connectivity index (χ1n) is 6.78. The van der Waals surface area contributed by atoms with Crippen LogP contribution in [-0.2, 0) is 28.7 Å². The number of carboxylic acid groups (broad SMARTS) is 1. The van der Waals surface area contributed by atoms with Gasteiger partial charge >= 0.3 is 17.9 Å². The van der Waals surface area contributed by atoms with Gasteiger partial charge in [0.15, 0.2) is 11.5 Å². The van der Waals surface area contributed by atoms with Crippen LogP contribution in [0.5, 0.6) is 0 Å². The molecule has 0 aliphatic carbocycles. The van der Waals surface area contributed by atoms with Gasteiger partial charge in [-0.25, -0.2) is 4.79 Å². The van der Waals surface area contributed by atoms with Gasteiger partial charge in [0.25, 0.3) is 0 Å². The molecular formula is C14H22O8. The number of carboxylic acids is 1. The Morgan fingerprint density at radius 3 is 1.77 bits per heavy atom. The highest BCUT2D eigenvalue weighted by molar-refractivity contribution is 6.05. The summed E-state index contributed by atoms with van der Waals surface area (Å²) in [7, 11) is 0. The van der Waals surface area contributed by atoms with Gasteiger partial charge in [-0.2, -0.15) is 0 Å². The van der Waals surface area contributed by atoms with Crippen LogP contribution in [0, 0.1) is 5.92 Å². The molecule has 0 aromatic heterocycles. The third-order valence-electron chi connectivity index (χ3n) is 2.59. The first-order chi connectivity index (χ1) is 9.91. The van der Waals surface area contributed by atoms with E-state index in [0.717, 1.165) is 6.92 Å². The fraction of sp³-hybridized carbons (Fsp3) is 0.714. The van der Waals surface area contributed by atoms with Crippen LogP contribution in [0.1, 0.15) is 41.0 Å². The fourth-order valence-electron chi connectivity index (χ4n) is 1.84. The number of hydrogen-bond donors (Lipinski definition) is 2. The summed E-state index contributed by atoms with van der Waals surface area (Å²) in [5, 5.41) is 19.3. The molecule has 2 atom stereocenters. The van der Waals surface area contributed by atoms with E-state index in [1.54, 1.807) is 0 Å². The molecule has 2 N–H and O–H groups in total. The van der Waals surface area contributed by atoms with E-state index in [4.69, 9.17) is 14.6 Å². The lowest BCUT2D eigenvalue weighted by atomic mass is 9.81. The standard InChI is InChI=1S/C14H22O8/c1-7(2)21-12(18)11(9(5)15)14(20,6-10(16)17)13(19)22-8(3)4/h7-8,11,20H,6H2,1-5H3,(H,16,17). The summed E-state index contributed by atoms with van der Waals surface area (Å²) in [4.78, 5) is 46.7. The Bertz CT molecular complexity index is 454. The minimum atomic E-state index is -2.83. The van der Waals surface area contributed by atoms with Crippen LogP contribution < -0.4 is 0 Å². The van der Waals surface area contributed by atoms with Gasteiger partial charge in [0.2, 0.25) is 0 Å². The zero-order valence-corrected chi connectivity index (χ0v) is 13.3. The third kappa shape index (κ3) is 5.44. The van der Waals surface area contributed by atoms with E-state index < -0.39 is 53.8 Å². The zero-order chi connectivity index (χ0) is 17.7. The Hall–Kier alpha value is -1.96. The summed E-state index contributed by atoms with van der Waals surface area (Å²) in [5.41, 5.74) is -2.83. The average molecular weight is 318 g/mol. The molecule has 0 amide bonds. The molecular weight excluding hydrogens is 296 g/mol.